The molecular weight excluding hydrogens is 200 g/mol. The maximum atomic E-state index is 5.63. The highest BCUT2D eigenvalue weighted by Gasteiger charge is 2.22. The van der Waals surface area contributed by atoms with Gasteiger partial charge in [-0.2, -0.15) is 0 Å². The molecule has 1 aliphatic rings. The van der Waals surface area contributed by atoms with Gasteiger partial charge < -0.3 is 9.64 Å². The van der Waals surface area contributed by atoms with Crippen LogP contribution in [0.25, 0.3) is 0 Å². The molecule has 0 amide bonds. The van der Waals surface area contributed by atoms with Crippen LogP contribution in [-0.2, 0) is 0 Å². The zero-order valence-corrected chi connectivity index (χ0v) is 10.5. The molecule has 2 rings (SSSR count). The summed E-state index contributed by atoms with van der Waals surface area (Å²) >= 11 is 0. The topological polar surface area (TPSA) is 25.4 Å². The molecule has 0 atom stereocenters. The van der Waals surface area contributed by atoms with Gasteiger partial charge in [0.05, 0.1) is 6.54 Å². The number of hydrogen-bond acceptors (Lipinski definition) is 3. The summed E-state index contributed by atoms with van der Waals surface area (Å²) in [6.45, 7) is 10.4. The second kappa shape index (κ2) is 4.32. The maximum Gasteiger partial charge on any atom is 0.172 e. The SMILES string of the molecule is CC(C)c1ccc2c(n1)N(C(C)C)CCO2. The number of ether oxygens (including phenoxy) is 1. The average molecular weight is 220 g/mol. The Hall–Kier alpha value is -1.25. The van der Waals surface area contributed by atoms with Crippen molar-refractivity contribution in [2.45, 2.75) is 39.7 Å². The zero-order valence-electron chi connectivity index (χ0n) is 10.5. The van der Waals surface area contributed by atoms with E-state index in [1.54, 1.807) is 0 Å². The molecule has 1 aromatic heterocycles. The third kappa shape index (κ3) is 1.99. The van der Waals surface area contributed by atoms with Crippen LogP contribution in [0.4, 0.5) is 5.82 Å². The van der Waals surface area contributed by atoms with Crippen molar-refractivity contribution in [2.24, 2.45) is 0 Å². The van der Waals surface area contributed by atoms with E-state index in [1.165, 1.54) is 0 Å². The molecule has 0 spiro atoms. The normalized spacial score (nSPS) is 15.2. The van der Waals surface area contributed by atoms with Crippen molar-refractivity contribution in [2.75, 3.05) is 18.1 Å². The van der Waals surface area contributed by atoms with Crippen LogP contribution in [0, 0.1) is 0 Å². The number of pyridine rings is 1. The zero-order chi connectivity index (χ0) is 11.7. The van der Waals surface area contributed by atoms with Crippen molar-refractivity contribution in [3.05, 3.63) is 17.8 Å². The summed E-state index contributed by atoms with van der Waals surface area (Å²) in [6, 6.07) is 4.58. The molecular formula is C13H20N2O. The maximum absolute atomic E-state index is 5.63. The molecule has 88 valence electrons. The van der Waals surface area contributed by atoms with Crippen molar-refractivity contribution < 1.29 is 4.74 Å². The quantitative estimate of drug-likeness (QED) is 0.766. The molecule has 0 aliphatic carbocycles. The van der Waals surface area contributed by atoms with E-state index in [2.05, 4.69) is 38.7 Å². The highest BCUT2D eigenvalue weighted by Crippen LogP contribution is 2.32. The molecule has 0 aromatic carbocycles. The van der Waals surface area contributed by atoms with Crippen LogP contribution in [0.15, 0.2) is 12.1 Å². The minimum absolute atomic E-state index is 0.459. The molecule has 2 heterocycles. The first-order chi connectivity index (χ1) is 7.59. The average Bonchev–Trinajstić information content (AvgIpc) is 2.27. The number of anilines is 1. The summed E-state index contributed by atoms with van der Waals surface area (Å²) in [6.07, 6.45) is 0. The molecule has 1 aliphatic heterocycles. The minimum atomic E-state index is 0.459. The Morgan fingerprint density at radius 1 is 1.25 bits per heavy atom. The lowest BCUT2D eigenvalue weighted by Crippen LogP contribution is -2.38. The highest BCUT2D eigenvalue weighted by atomic mass is 16.5. The van der Waals surface area contributed by atoms with Gasteiger partial charge in [-0.3, -0.25) is 0 Å². The Bertz CT molecular complexity index is 374. The Labute approximate surface area is 97.4 Å². The molecule has 0 saturated carbocycles. The molecule has 0 saturated heterocycles. The summed E-state index contributed by atoms with van der Waals surface area (Å²) in [5.41, 5.74) is 1.13. The lowest BCUT2D eigenvalue weighted by Gasteiger charge is -2.33. The van der Waals surface area contributed by atoms with E-state index in [0.717, 1.165) is 30.4 Å². The van der Waals surface area contributed by atoms with Gasteiger partial charge in [0.25, 0.3) is 0 Å². The Kier molecular flexibility index (Phi) is 3.03. The predicted molar refractivity (Wildman–Crippen MR) is 66.3 cm³/mol. The van der Waals surface area contributed by atoms with Gasteiger partial charge in [0.15, 0.2) is 11.6 Å². The first-order valence-corrected chi connectivity index (χ1v) is 6.00. The van der Waals surface area contributed by atoms with E-state index in [4.69, 9.17) is 9.72 Å². The fraction of sp³-hybridized carbons (Fsp3) is 0.615. The van der Waals surface area contributed by atoms with Gasteiger partial charge in [0, 0.05) is 11.7 Å². The molecule has 0 radical (unpaired) electrons. The smallest absolute Gasteiger partial charge is 0.172 e. The van der Waals surface area contributed by atoms with Gasteiger partial charge in [-0.25, -0.2) is 4.98 Å². The highest BCUT2D eigenvalue weighted by molar-refractivity contribution is 5.55. The molecule has 3 heteroatoms. The van der Waals surface area contributed by atoms with E-state index in [1.807, 2.05) is 6.07 Å². The van der Waals surface area contributed by atoms with Gasteiger partial charge in [0.1, 0.15) is 6.61 Å². The van der Waals surface area contributed by atoms with Gasteiger partial charge in [0.2, 0.25) is 0 Å². The monoisotopic (exact) mass is 220 g/mol. The number of rotatable bonds is 2. The first kappa shape index (κ1) is 11.2. The molecule has 1 aromatic rings. The summed E-state index contributed by atoms with van der Waals surface area (Å²) in [4.78, 5) is 7.03. The number of aromatic nitrogens is 1. The fourth-order valence-corrected chi connectivity index (χ4v) is 1.95. The lowest BCUT2D eigenvalue weighted by molar-refractivity contribution is 0.300. The van der Waals surface area contributed by atoms with E-state index < -0.39 is 0 Å². The summed E-state index contributed by atoms with van der Waals surface area (Å²) < 4.78 is 5.63. The van der Waals surface area contributed by atoms with Crippen molar-refractivity contribution in [3.8, 4) is 5.75 Å². The molecule has 0 N–H and O–H groups in total. The van der Waals surface area contributed by atoms with Crippen LogP contribution >= 0.6 is 0 Å². The van der Waals surface area contributed by atoms with E-state index in [0.29, 0.717) is 12.0 Å². The molecule has 16 heavy (non-hydrogen) atoms. The molecule has 3 nitrogen and oxygen atoms in total. The van der Waals surface area contributed by atoms with Crippen molar-refractivity contribution >= 4 is 5.82 Å². The molecule has 0 unspecified atom stereocenters. The minimum Gasteiger partial charge on any atom is -0.488 e. The number of nitrogens with zero attached hydrogens (tertiary/aromatic N) is 2. The van der Waals surface area contributed by atoms with Gasteiger partial charge in [-0.1, -0.05) is 13.8 Å². The van der Waals surface area contributed by atoms with Crippen LogP contribution in [-0.4, -0.2) is 24.2 Å². The Balaban J connectivity index is 2.40. The van der Waals surface area contributed by atoms with Crippen LogP contribution in [0.2, 0.25) is 0 Å². The lowest BCUT2D eigenvalue weighted by atomic mass is 10.1. The second-order valence-electron chi connectivity index (χ2n) is 4.85. The fourth-order valence-electron chi connectivity index (χ4n) is 1.95. The number of fused-ring (bicyclic) bond motifs is 1. The van der Waals surface area contributed by atoms with E-state index >= 15 is 0 Å². The first-order valence-electron chi connectivity index (χ1n) is 6.00. The van der Waals surface area contributed by atoms with E-state index in [9.17, 15) is 0 Å². The standard InChI is InChI=1S/C13H20N2O/c1-9(2)11-5-6-12-13(14-11)15(10(3)4)7-8-16-12/h5-6,9-10H,7-8H2,1-4H3. The summed E-state index contributed by atoms with van der Waals surface area (Å²) in [5.74, 6) is 2.39. The van der Waals surface area contributed by atoms with Crippen LogP contribution in [0.1, 0.15) is 39.3 Å². The molecule has 0 fully saturated rings. The van der Waals surface area contributed by atoms with Gasteiger partial charge in [-0.05, 0) is 31.9 Å². The van der Waals surface area contributed by atoms with Crippen molar-refractivity contribution in [3.63, 3.8) is 0 Å². The predicted octanol–water partition coefficient (Wildman–Crippen LogP) is 2.81. The molecule has 0 bridgehead atoms. The van der Waals surface area contributed by atoms with Crippen molar-refractivity contribution in [1.82, 2.24) is 4.98 Å². The third-order valence-corrected chi connectivity index (χ3v) is 2.94. The summed E-state index contributed by atoms with van der Waals surface area (Å²) in [7, 11) is 0. The largest absolute Gasteiger partial charge is 0.488 e. The van der Waals surface area contributed by atoms with Crippen LogP contribution < -0.4 is 9.64 Å². The van der Waals surface area contributed by atoms with Crippen LogP contribution in [0.3, 0.4) is 0 Å². The van der Waals surface area contributed by atoms with Gasteiger partial charge in [-0.15, -0.1) is 0 Å². The van der Waals surface area contributed by atoms with Gasteiger partial charge >= 0.3 is 0 Å². The van der Waals surface area contributed by atoms with Crippen molar-refractivity contribution in [1.29, 1.82) is 0 Å². The Morgan fingerprint density at radius 3 is 2.62 bits per heavy atom. The van der Waals surface area contributed by atoms with E-state index in [-0.39, 0.29) is 0 Å². The Morgan fingerprint density at radius 2 is 2.00 bits per heavy atom. The second-order valence-corrected chi connectivity index (χ2v) is 4.85. The number of hydrogen-bond donors (Lipinski definition) is 0. The van der Waals surface area contributed by atoms with Crippen LogP contribution in [0.5, 0.6) is 5.75 Å². The summed E-state index contributed by atoms with van der Waals surface area (Å²) in [5, 5.41) is 0. The third-order valence-electron chi connectivity index (χ3n) is 2.94.